The van der Waals surface area contributed by atoms with E-state index >= 15 is 0 Å². The van der Waals surface area contributed by atoms with Crippen LogP contribution in [0.15, 0.2) is 55.1 Å². The number of piperazine rings is 1. The lowest BCUT2D eigenvalue weighted by Crippen LogP contribution is -2.44. The molecule has 1 aliphatic heterocycles. The standard InChI is InChI=1S/C24H23N7O/c1-30-4-6-31(7-5-30)23-14-26-13-22-18(23)10-21(27-22)24-19-9-15(2-3-20(19)28-29-24)16-8-17(32)12-25-11-16/h2-3,8-14,27,32H,4-7H2,1H3,(H,28,29). The van der Waals surface area contributed by atoms with E-state index in [-0.39, 0.29) is 5.75 Å². The Morgan fingerprint density at radius 2 is 1.69 bits per heavy atom. The van der Waals surface area contributed by atoms with Crippen LogP contribution in [0.25, 0.3) is 44.3 Å². The average molecular weight is 425 g/mol. The number of aromatic hydroxyl groups is 1. The lowest BCUT2D eigenvalue weighted by molar-refractivity contribution is 0.313. The van der Waals surface area contributed by atoms with E-state index in [4.69, 9.17) is 0 Å². The highest BCUT2D eigenvalue weighted by molar-refractivity contribution is 6.00. The van der Waals surface area contributed by atoms with E-state index in [0.717, 1.165) is 76.2 Å². The third-order valence-electron chi connectivity index (χ3n) is 6.24. The quantitative estimate of drug-likeness (QED) is 0.409. The number of rotatable bonds is 3. The van der Waals surface area contributed by atoms with Crippen molar-refractivity contribution in [1.29, 1.82) is 0 Å². The number of H-pyrrole nitrogens is 2. The van der Waals surface area contributed by atoms with Gasteiger partial charge in [-0.1, -0.05) is 6.07 Å². The van der Waals surface area contributed by atoms with Crippen LogP contribution in [0.2, 0.25) is 0 Å². The van der Waals surface area contributed by atoms with Crippen LogP contribution >= 0.6 is 0 Å². The molecule has 0 amide bonds. The van der Waals surface area contributed by atoms with Crippen molar-refractivity contribution < 1.29 is 5.11 Å². The maximum Gasteiger partial charge on any atom is 0.134 e. The second kappa shape index (κ2) is 7.35. The number of anilines is 1. The highest BCUT2D eigenvalue weighted by Crippen LogP contribution is 2.34. The predicted molar refractivity (Wildman–Crippen MR) is 126 cm³/mol. The number of benzene rings is 1. The summed E-state index contributed by atoms with van der Waals surface area (Å²) in [5.74, 6) is 0.148. The zero-order chi connectivity index (χ0) is 21.7. The largest absolute Gasteiger partial charge is 0.506 e. The van der Waals surface area contributed by atoms with Gasteiger partial charge in [0.15, 0.2) is 0 Å². The first-order chi connectivity index (χ1) is 15.7. The molecule has 1 saturated heterocycles. The molecule has 8 nitrogen and oxygen atoms in total. The van der Waals surface area contributed by atoms with Gasteiger partial charge in [0.1, 0.15) is 11.4 Å². The van der Waals surface area contributed by atoms with Crippen molar-refractivity contribution in [3.8, 4) is 28.3 Å². The fraction of sp³-hybridized carbons (Fsp3) is 0.208. The minimum absolute atomic E-state index is 0.148. The van der Waals surface area contributed by atoms with Gasteiger partial charge in [-0.05, 0) is 36.9 Å². The number of hydrogen-bond acceptors (Lipinski definition) is 6. The zero-order valence-electron chi connectivity index (χ0n) is 17.7. The van der Waals surface area contributed by atoms with E-state index in [2.05, 4.69) is 54.1 Å². The number of aromatic nitrogens is 5. The summed E-state index contributed by atoms with van der Waals surface area (Å²) in [4.78, 5) is 16.8. The first-order valence-corrected chi connectivity index (χ1v) is 10.7. The van der Waals surface area contributed by atoms with E-state index in [0.29, 0.717) is 0 Å². The van der Waals surface area contributed by atoms with E-state index in [9.17, 15) is 5.11 Å². The third-order valence-corrected chi connectivity index (χ3v) is 6.24. The number of aromatic amines is 2. The fourth-order valence-corrected chi connectivity index (χ4v) is 4.45. The number of likely N-dealkylation sites (N-methyl/N-ethyl adjacent to an activating group) is 1. The third kappa shape index (κ3) is 3.16. The van der Waals surface area contributed by atoms with E-state index in [1.807, 2.05) is 24.5 Å². The Kier molecular flexibility index (Phi) is 4.32. The van der Waals surface area contributed by atoms with Crippen LogP contribution in [0, 0.1) is 0 Å². The van der Waals surface area contributed by atoms with Gasteiger partial charge in [0.05, 0.1) is 41.0 Å². The SMILES string of the molecule is CN1CCN(c2cncc3[nH]c(-c4n[nH]c5ccc(-c6cncc(O)c6)cc45)cc23)CC1. The molecule has 0 spiro atoms. The maximum atomic E-state index is 9.81. The molecule has 0 aliphatic carbocycles. The van der Waals surface area contributed by atoms with Gasteiger partial charge in [-0.25, -0.2) is 0 Å². The highest BCUT2D eigenvalue weighted by Gasteiger charge is 2.19. The van der Waals surface area contributed by atoms with Crippen molar-refractivity contribution in [2.45, 2.75) is 0 Å². The van der Waals surface area contributed by atoms with Crippen LogP contribution in [-0.2, 0) is 0 Å². The number of pyridine rings is 2. The zero-order valence-corrected chi connectivity index (χ0v) is 17.7. The molecule has 1 aliphatic rings. The molecule has 32 heavy (non-hydrogen) atoms. The molecular weight excluding hydrogens is 402 g/mol. The summed E-state index contributed by atoms with van der Waals surface area (Å²) in [6.07, 6.45) is 7.01. The summed E-state index contributed by atoms with van der Waals surface area (Å²) in [7, 11) is 2.16. The topological polar surface area (TPSA) is 97.0 Å². The van der Waals surface area contributed by atoms with E-state index in [1.54, 1.807) is 12.3 Å². The monoisotopic (exact) mass is 425 g/mol. The van der Waals surface area contributed by atoms with E-state index in [1.165, 1.54) is 6.20 Å². The molecule has 0 atom stereocenters. The van der Waals surface area contributed by atoms with E-state index < -0.39 is 0 Å². The fourth-order valence-electron chi connectivity index (χ4n) is 4.45. The molecule has 8 heteroatoms. The molecule has 1 aromatic carbocycles. The van der Waals surface area contributed by atoms with Crippen molar-refractivity contribution in [3.05, 3.63) is 55.1 Å². The molecule has 5 heterocycles. The Balaban J connectivity index is 1.44. The van der Waals surface area contributed by atoms with Crippen LogP contribution in [-0.4, -0.2) is 68.4 Å². The number of fused-ring (bicyclic) bond motifs is 2. The Labute approximate surface area is 184 Å². The van der Waals surface area contributed by atoms with Crippen LogP contribution in [0.1, 0.15) is 0 Å². The van der Waals surface area contributed by atoms with Crippen LogP contribution < -0.4 is 4.90 Å². The van der Waals surface area contributed by atoms with Gasteiger partial charge in [0.25, 0.3) is 0 Å². The molecule has 5 aromatic rings. The van der Waals surface area contributed by atoms with Crippen molar-refractivity contribution >= 4 is 27.5 Å². The Bertz CT molecular complexity index is 1430. The minimum Gasteiger partial charge on any atom is -0.506 e. The maximum absolute atomic E-state index is 9.81. The molecule has 6 rings (SSSR count). The summed E-state index contributed by atoms with van der Waals surface area (Å²) in [6, 6.07) is 9.97. The second-order valence-electron chi connectivity index (χ2n) is 8.36. The second-order valence-corrected chi connectivity index (χ2v) is 8.36. The Morgan fingerprint density at radius 1 is 0.844 bits per heavy atom. The molecule has 4 aromatic heterocycles. The molecule has 0 bridgehead atoms. The molecule has 0 unspecified atom stereocenters. The summed E-state index contributed by atoms with van der Waals surface area (Å²) in [5.41, 5.74) is 6.74. The Hall–Kier alpha value is -3.91. The normalized spacial score (nSPS) is 15.1. The Morgan fingerprint density at radius 3 is 2.53 bits per heavy atom. The van der Waals surface area contributed by atoms with Gasteiger partial charge in [0.2, 0.25) is 0 Å². The average Bonchev–Trinajstić information content (AvgIpc) is 3.43. The van der Waals surface area contributed by atoms with Gasteiger partial charge in [-0.2, -0.15) is 5.10 Å². The summed E-state index contributed by atoms with van der Waals surface area (Å²) in [6.45, 7) is 4.07. The number of nitrogens with one attached hydrogen (secondary N) is 2. The molecular formula is C24H23N7O. The van der Waals surface area contributed by atoms with Crippen molar-refractivity contribution in [3.63, 3.8) is 0 Å². The van der Waals surface area contributed by atoms with Gasteiger partial charge < -0.3 is 19.9 Å². The van der Waals surface area contributed by atoms with Gasteiger partial charge in [0, 0.05) is 48.7 Å². The van der Waals surface area contributed by atoms with Crippen LogP contribution in [0.4, 0.5) is 5.69 Å². The lowest BCUT2D eigenvalue weighted by Gasteiger charge is -2.34. The molecule has 1 fully saturated rings. The van der Waals surface area contributed by atoms with Crippen LogP contribution in [0.5, 0.6) is 5.75 Å². The van der Waals surface area contributed by atoms with Crippen molar-refractivity contribution in [2.24, 2.45) is 0 Å². The highest BCUT2D eigenvalue weighted by atomic mass is 16.3. The minimum atomic E-state index is 0.148. The first-order valence-electron chi connectivity index (χ1n) is 10.7. The molecule has 0 radical (unpaired) electrons. The van der Waals surface area contributed by atoms with Gasteiger partial charge in [-0.15, -0.1) is 0 Å². The first kappa shape index (κ1) is 18.8. The van der Waals surface area contributed by atoms with Crippen molar-refractivity contribution in [1.82, 2.24) is 30.0 Å². The van der Waals surface area contributed by atoms with Gasteiger partial charge >= 0.3 is 0 Å². The van der Waals surface area contributed by atoms with Crippen LogP contribution in [0.3, 0.4) is 0 Å². The lowest BCUT2D eigenvalue weighted by atomic mass is 10.0. The van der Waals surface area contributed by atoms with Crippen molar-refractivity contribution in [2.75, 3.05) is 38.1 Å². The number of nitrogens with zero attached hydrogens (tertiary/aromatic N) is 5. The molecule has 0 saturated carbocycles. The molecule has 3 N–H and O–H groups in total. The molecule has 160 valence electrons. The summed E-state index contributed by atoms with van der Waals surface area (Å²) < 4.78 is 0. The summed E-state index contributed by atoms with van der Waals surface area (Å²) >= 11 is 0. The summed E-state index contributed by atoms with van der Waals surface area (Å²) in [5, 5.41) is 19.7. The predicted octanol–water partition coefficient (Wildman–Crippen LogP) is 3.63. The van der Waals surface area contributed by atoms with Gasteiger partial charge in [-0.3, -0.25) is 15.1 Å². The smallest absolute Gasteiger partial charge is 0.134 e. The number of hydrogen-bond donors (Lipinski definition) is 3.